The highest BCUT2D eigenvalue weighted by Crippen LogP contribution is 2.22. The van der Waals surface area contributed by atoms with Gasteiger partial charge in [-0.3, -0.25) is 0 Å². The number of ether oxygens (including phenoxy) is 2. The van der Waals surface area contributed by atoms with E-state index in [-0.39, 0.29) is 25.0 Å². The lowest BCUT2D eigenvalue weighted by Crippen LogP contribution is -2.22. The average molecular weight is 308 g/mol. The molecule has 0 aliphatic heterocycles. The Morgan fingerprint density at radius 1 is 1.23 bits per heavy atom. The molecule has 5 heteroatoms. The minimum absolute atomic E-state index is 0.0326. The van der Waals surface area contributed by atoms with Gasteiger partial charge in [-0.1, -0.05) is 31.5 Å². The summed E-state index contributed by atoms with van der Waals surface area (Å²) in [6.45, 7) is 8.10. The summed E-state index contributed by atoms with van der Waals surface area (Å²) in [4.78, 5) is 22.7. The van der Waals surface area contributed by atoms with E-state index in [1.807, 2.05) is 32.9 Å². The summed E-state index contributed by atoms with van der Waals surface area (Å²) in [7, 11) is 0. The Balaban J connectivity index is 2.83. The van der Waals surface area contributed by atoms with Crippen molar-refractivity contribution in [1.82, 2.24) is 0 Å². The van der Waals surface area contributed by atoms with Crippen LogP contribution in [0, 0.1) is 18.8 Å². The Kier molecular flexibility index (Phi) is 6.89. The van der Waals surface area contributed by atoms with Crippen molar-refractivity contribution >= 4 is 12.1 Å². The summed E-state index contributed by atoms with van der Waals surface area (Å²) in [5.74, 6) is -0.657. The molecule has 122 valence electrons. The quantitative estimate of drug-likeness (QED) is 0.778. The molecular formula is C17H24O5. The minimum atomic E-state index is -0.937. The molecule has 1 aromatic rings. The number of aryl methyl sites for hydroxylation is 1. The first-order valence-corrected chi connectivity index (χ1v) is 7.47. The molecule has 0 radical (unpaired) electrons. The second-order valence-electron chi connectivity index (χ2n) is 5.67. The Morgan fingerprint density at radius 2 is 1.91 bits per heavy atom. The van der Waals surface area contributed by atoms with Crippen LogP contribution in [0.4, 0.5) is 4.79 Å². The van der Waals surface area contributed by atoms with Crippen LogP contribution in [0.3, 0.4) is 0 Å². The summed E-state index contributed by atoms with van der Waals surface area (Å²) >= 11 is 0. The maximum atomic E-state index is 11.4. The molecule has 0 aliphatic carbocycles. The third-order valence-electron chi connectivity index (χ3n) is 3.60. The summed E-state index contributed by atoms with van der Waals surface area (Å²) in [5.41, 5.74) is 1.97. The number of hydrogen-bond acceptors (Lipinski definition) is 4. The average Bonchev–Trinajstić information content (AvgIpc) is 2.44. The van der Waals surface area contributed by atoms with Gasteiger partial charge in [0.25, 0.3) is 0 Å². The van der Waals surface area contributed by atoms with Crippen molar-refractivity contribution in [3.63, 3.8) is 0 Å². The van der Waals surface area contributed by atoms with E-state index >= 15 is 0 Å². The van der Waals surface area contributed by atoms with Crippen LogP contribution in [0.5, 0.6) is 0 Å². The van der Waals surface area contributed by atoms with Gasteiger partial charge in [0, 0.05) is 0 Å². The largest absolute Gasteiger partial charge is 0.508 e. The Bertz CT molecular complexity index is 522. The zero-order valence-corrected chi connectivity index (χ0v) is 13.6. The minimum Gasteiger partial charge on any atom is -0.478 e. The van der Waals surface area contributed by atoms with Gasteiger partial charge in [-0.05, 0) is 43.7 Å². The van der Waals surface area contributed by atoms with Gasteiger partial charge >= 0.3 is 12.1 Å². The number of carboxylic acids is 1. The fourth-order valence-corrected chi connectivity index (χ4v) is 2.17. The van der Waals surface area contributed by atoms with Crippen molar-refractivity contribution in [2.45, 2.75) is 34.1 Å². The van der Waals surface area contributed by atoms with E-state index < -0.39 is 12.1 Å². The third kappa shape index (κ3) is 5.39. The number of hydrogen-bond donors (Lipinski definition) is 1. The molecule has 0 aliphatic rings. The smallest absolute Gasteiger partial charge is 0.478 e. The van der Waals surface area contributed by atoms with Gasteiger partial charge in [0.1, 0.15) is 0 Å². The molecular weight excluding hydrogens is 284 g/mol. The van der Waals surface area contributed by atoms with E-state index in [1.54, 1.807) is 13.0 Å². The molecule has 0 bridgehead atoms. The maximum absolute atomic E-state index is 11.4. The van der Waals surface area contributed by atoms with Crippen molar-refractivity contribution < 1.29 is 24.2 Å². The first kappa shape index (κ1) is 18.0. The van der Waals surface area contributed by atoms with Crippen LogP contribution in [0.2, 0.25) is 0 Å². The predicted molar refractivity (Wildman–Crippen MR) is 83.1 cm³/mol. The number of rotatable bonds is 7. The number of benzene rings is 1. The predicted octanol–water partition coefficient (Wildman–Crippen LogP) is 3.68. The third-order valence-corrected chi connectivity index (χ3v) is 3.60. The first-order chi connectivity index (χ1) is 10.3. The molecule has 1 atom stereocenters. The highest BCUT2D eigenvalue weighted by atomic mass is 16.7. The van der Waals surface area contributed by atoms with Gasteiger partial charge in [0.2, 0.25) is 0 Å². The summed E-state index contributed by atoms with van der Waals surface area (Å²) in [6, 6.07) is 5.39. The Morgan fingerprint density at radius 3 is 2.45 bits per heavy atom. The van der Waals surface area contributed by atoms with E-state index in [1.165, 1.54) is 0 Å². The number of carbonyl (C=O) groups excluding carboxylic acids is 1. The van der Waals surface area contributed by atoms with Crippen LogP contribution in [0.1, 0.15) is 42.3 Å². The zero-order chi connectivity index (χ0) is 16.7. The molecule has 0 amide bonds. The molecule has 0 saturated heterocycles. The van der Waals surface area contributed by atoms with E-state index in [4.69, 9.17) is 9.47 Å². The molecule has 0 saturated carbocycles. The van der Waals surface area contributed by atoms with Crippen molar-refractivity contribution in [3.8, 4) is 0 Å². The van der Waals surface area contributed by atoms with E-state index in [2.05, 4.69) is 0 Å². The highest BCUT2D eigenvalue weighted by molar-refractivity contribution is 5.89. The molecule has 22 heavy (non-hydrogen) atoms. The van der Waals surface area contributed by atoms with Gasteiger partial charge < -0.3 is 14.6 Å². The van der Waals surface area contributed by atoms with Crippen LogP contribution in [-0.2, 0) is 15.9 Å². The van der Waals surface area contributed by atoms with Crippen molar-refractivity contribution in [3.05, 3.63) is 34.9 Å². The monoisotopic (exact) mass is 308 g/mol. The van der Waals surface area contributed by atoms with Crippen molar-refractivity contribution in [1.29, 1.82) is 0 Å². The molecule has 0 fully saturated rings. The van der Waals surface area contributed by atoms with Gasteiger partial charge in [0.05, 0.1) is 18.8 Å². The summed E-state index contributed by atoms with van der Waals surface area (Å²) < 4.78 is 9.84. The standard InChI is InChI=1S/C17H24O5/c1-5-21-17(20)22-10-14(11(2)3)9-13-7-6-12(4)8-15(13)16(18)19/h6-8,11,14H,5,9-10H2,1-4H3,(H,18,19). The molecule has 0 aromatic heterocycles. The van der Waals surface area contributed by atoms with Gasteiger partial charge in [-0.2, -0.15) is 0 Å². The molecule has 1 unspecified atom stereocenters. The van der Waals surface area contributed by atoms with Crippen LogP contribution < -0.4 is 0 Å². The van der Waals surface area contributed by atoms with Crippen molar-refractivity contribution in [2.75, 3.05) is 13.2 Å². The molecule has 5 nitrogen and oxygen atoms in total. The molecule has 1 rings (SSSR count). The molecule has 0 spiro atoms. The topological polar surface area (TPSA) is 72.8 Å². The van der Waals surface area contributed by atoms with E-state index in [0.717, 1.165) is 11.1 Å². The van der Waals surface area contributed by atoms with E-state index in [0.29, 0.717) is 12.0 Å². The van der Waals surface area contributed by atoms with E-state index in [9.17, 15) is 14.7 Å². The lowest BCUT2D eigenvalue weighted by molar-refractivity contribution is 0.0417. The molecule has 0 heterocycles. The fourth-order valence-electron chi connectivity index (χ4n) is 2.17. The first-order valence-electron chi connectivity index (χ1n) is 7.47. The Labute approximate surface area is 131 Å². The SMILES string of the molecule is CCOC(=O)OCC(Cc1ccc(C)cc1C(=O)O)C(C)C. The Hall–Kier alpha value is -2.04. The number of carboxylic acid groups (broad SMARTS) is 1. The lowest BCUT2D eigenvalue weighted by atomic mass is 9.87. The van der Waals surface area contributed by atoms with Crippen LogP contribution in [0.25, 0.3) is 0 Å². The zero-order valence-electron chi connectivity index (χ0n) is 13.6. The summed E-state index contributed by atoms with van der Waals surface area (Å²) in [6.07, 6.45) is -0.144. The van der Waals surface area contributed by atoms with Gasteiger partial charge in [-0.15, -0.1) is 0 Å². The second kappa shape index (κ2) is 8.41. The highest BCUT2D eigenvalue weighted by Gasteiger charge is 2.20. The van der Waals surface area contributed by atoms with Crippen molar-refractivity contribution in [2.24, 2.45) is 11.8 Å². The van der Waals surface area contributed by atoms with Crippen LogP contribution >= 0.6 is 0 Å². The normalized spacial score (nSPS) is 12.0. The second-order valence-corrected chi connectivity index (χ2v) is 5.67. The maximum Gasteiger partial charge on any atom is 0.508 e. The molecule has 1 N–H and O–H groups in total. The van der Waals surface area contributed by atoms with Crippen LogP contribution in [0.15, 0.2) is 18.2 Å². The number of aromatic carboxylic acids is 1. The number of carbonyl (C=O) groups is 2. The summed E-state index contributed by atoms with van der Waals surface area (Å²) in [5, 5.41) is 9.32. The van der Waals surface area contributed by atoms with Gasteiger partial charge in [-0.25, -0.2) is 9.59 Å². The lowest BCUT2D eigenvalue weighted by Gasteiger charge is -2.21. The van der Waals surface area contributed by atoms with Gasteiger partial charge in [0.15, 0.2) is 0 Å². The van der Waals surface area contributed by atoms with Crippen LogP contribution in [-0.4, -0.2) is 30.4 Å². The molecule has 1 aromatic carbocycles. The fraction of sp³-hybridized carbons (Fsp3) is 0.529.